The first-order valence-corrected chi connectivity index (χ1v) is 16.8. The van der Waals surface area contributed by atoms with E-state index in [1.807, 2.05) is 0 Å². The highest BCUT2D eigenvalue weighted by Crippen LogP contribution is 2.11. The van der Waals surface area contributed by atoms with E-state index in [1.54, 1.807) is 13.8 Å². The summed E-state index contributed by atoms with van der Waals surface area (Å²) in [7, 11) is 0. The van der Waals surface area contributed by atoms with E-state index in [0.29, 0.717) is 24.4 Å². The summed E-state index contributed by atoms with van der Waals surface area (Å²) in [5.74, 6) is -0.262. The van der Waals surface area contributed by atoms with Crippen molar-refractivity contribution < 1.29 is 19.4 Å². The molecular formula is C30H55Br2ClO4. The molecule has 0 rings (SSSR count). The number of rotatable bonds is 23. The normalized spacial score (nSPS) is 10.0. The molecule has 0 aliphatic rings. The summed E-state index contributed by atoms with van der Waals surface area (Å²) >= 11 is 11.8. The van der Waals surface area contributed by atoms with Crippen LogP contribution in [0.15, 0.2) is 24.3 Å². The Morgan fingerprint density at radius 2 is 0.919 bits per heavy atom. The molecule has 0 aliphatic heterocycles. The van der Waals surface area contributed by atoms with Gasteiger partial charge in [-0.1, -0.05) is 135 Å². The summed E-state index contributed by atoms with van der Waals surface area (Å²) in [4.78, 5) is 20.9. The van der Waals surface area contributed by atoms with Gasteiger partial charge in [-0.25, -0.2) is 4.79 Å². The Morgan fingerprint density at radius 1 is 0.622 bits per heavy atom. The zero-order valence-electron chi connectivity index (χ0n) is 23.8. The lowest BCUT2D eigenvalue weighted by molar-refractivity contribution is -0.139. The van der Waals surface area contributed by atoms with Gasteiger partial charge in [0.05, 0.1) is 6.61 Å². The van der Waals surface area contributed by atoms with Crippen LogP contribution in [-0.2, 0) is 14.3 Å². The first-order chi connectivity index (χ1) is 17.7. The Labute approximate surface area is 250 Å². The highest BCUT2D eigenvalue weighted by molar-refractivity contribution is 9.09. The smallest absolute Gasteiger partial charge is 0.333 e. The van der Waals surface area contributed by atoms with Gasteiger partial charge in [0.25, 0.3) is 0 Å². The summed E-state index contributed by atoms with van der Waals surface area (Å²) < 4.78 is 5.03. The van der Waals surface area contributed by atoms with Crippen LogP contribution in [0.3, 0.4) is 0 Å². The van der Waals surface area contributed by atoms with E-state index >= 15 is 0 Å². The third-order valence-electron chi connectivity index (χ3n) is 5.49. The molecule has 0 aromatic carbocycles. The van der Waals surface area contributed by atoms with Crippen molar-refractivity contribution in [3.63, 3.8) is 0 Å². The summed E-state index contributed by atoms with van der Waals surface area (Å²) in [5.41, 5.74) is 0.871. The van der Waals surface area contributed by atoms with Gasteiger partial charge in [0.1, 0.15) is 0 Å². The Bertz CT molecular complexity index is 520. The molecule has 0 aromatic rings. The van der Waals surface area contributed by atoms with Gasteiger partial charge in [0, 0.05) is 28.4 Å². The molecule has 0 bridgehead atoms. The van der Waals surface area contributed by atoms with Crippen LogP contribution in [-0.4, -0.2) is 40.2 Å². The average Bonchev–Trinajstić information content (AvgIpc) is 2.87. The maximum Gasteiger partial charge on any atom is 0.333 e. The maximum absolute atomic E-state index is 11.1. The number of esters is 1. The van der Waals surface area contributed by atoms with Gasteiger partial charge in [-0.15, -0.1) is 0 Å². The molecule has 1 N–H and O–H groups in total. The Balaban J connectivity index is -0.000000529. The van der Waals surface area contributed by atoms with Crippen LogP contribution >= 0.6 is 43.5 Å². The Kier molecular flexibility index (Phi) is 40.0. The largest absolute Gasteiger partial charge is 0.462 e. The van der Waals surface area contributed by atoms with Crippen LogP contribution in [0.25, 0.3) is 0 Å². The highest BCUT2D eigenvalue weighted by Gasteiger charge is 2.01. The van der Waals surface area contributed by atoms with Crippen LogP contribution in [0, 0.1) is 0 Å². The molecule has 0 aromatic heterocycles. The first-order valence-electron chi connectivity index (χ1n) is 14.1. The quantitative estimate of drug-likeness (QED) is 0.0385. The molecule has 0 amide bonds. The van der Waals surface area contributed by atoms with Gasteiger partial charge in [-0.2, -0.15) is 0 Å². The summed E-state index contributed by atoms with van der Waals surface area (Å²) in [6, 6.07) is 0. The number of allylic oxidation sites excluding steroid dienone is 1. The zero-order chi connectivity index (χ0) is 28.6. The number of aliphatic hydroxyl groups excluding tert-OH is 1. The van der Waals surface area contributed by atoms with E-state index in [1.165, 1.54) is 96.3 Å². The van der Waals surface area contributed by atoms with E-state index < -0.39 is 5.24 Å². The van der Waals surface area contributed by atoms with Gasteiger partial charge < -0.3 is 9.84 Å². The fraction of sp³-hybridized carbons (Fsp3) is 0.800. The number of ether oxygens (including phenoxy) is 1. The van der Waals surface area contributed by atoms with Crippen molar-refractivity contribution in [2.24, 2.45) is 0 Å². The summed E-state index contributed by atoms with van der Waals surface area (Å²) in [5, 5.41) is 10.4. The molecule has 0 saturated heterocycles. The number of carbonyl (C=O) groups excluding carboxylic acids is 2. The molecule has 0 aliphatic carbocycles. The van der Waals surface area contributed by atoms with Gasteiger partial charge in [-0.3, -0.25) is 4.79 Å². The number of unbranched alkanes of at least 4 members (excludes halogenated alkanes) is 16. The van der Waals surface area contributed by atoms with Crippen molar-refractivity contribution in [3.05, 3.63) is 24.3 Å². The van der Waals surface area contributed by atoms with Crippen molar-refractivity contribution in [2.45, 2.75) is 129 Å². The van der Waals surface area contributed by atoms with E-state index in [-0.39, 0.29) is 5.97 Å². The predicted molar refractivity (Wildman–Crippen MR) is 169 cm³/mol. The minimum absolute atomic E-state index is 0.262. The van der Waals surface area contributed by atoms with Crippen molar-refractivity contribution in [1.29, 1.82) is 0 Å². The Hall–Kier alpha value is -0.170. The molecule has 7 heteroatoms. The second-order valence-electron chi connectivity index (χ2n) is 9.44. The Morgan fingerprint density at radius 3 is 1.19 bits per heavy atom. The molecular weight excluding hydrogens is 620 g/mol. The topological polar surface area (TPSA) is 63.6 Å². The van der Waals surface area contributed by atoms with Crippen LogP contribution in [0.4, 0.5) is 0 Å². The van der Waals surface area contributed by atoms with E-state index in [4.69, 9.17) is 21.4 Å². The van der Waals surface area contributed by atoms with Crippen LogP contribution in [0.1, 0.15) is 129 Å². The molecule has 37 heavy (non-hydrogen) atoms. The van der Waals surface area contributed by atoms with Crippen molar-refractivity contribution in [3.8, 4) is 0 Å². The van der Waals surface area contributed by atoms with Crippen molar-refractivity contribution in [1.82, 2.24) is 0 Å². The second-order valence-corrected chi connectivity index (χ2v) is 11.4. The molecule has 0 unspecified atom stereocenters. The number of halogens is 3. The van der Waals surface area contributed by atoms with Gasteiger partial charge >= 0.3 is 5.97 Å². The first kappa shape index (κ1) is 41.3. The predicted octanol–water partition coefficient (Wildman–Crippen LogP) is 10.2. The van der Waals surface area contributed by atoms with Gasteiger partial charge in [0.15, 0.2) is 0 Å². The molecule has 220 valence electrons. The number of aliphatic hydroxyl groups is 1. The fourth-order valence-corrected chi connectivity index (χ4v) is 3.96. The van der Waals surface area contributed by atoms with E-state index in [0.717, 1.165) is 29.9 Å². The number of alkyl halides is 2. The highest BCUT2D eigenvalue weighted by atomic mass is 79.9. The third-order valence-corrected chi connectivity index (χ3v) is 6.93. The maximum atomic E-state index is 11.1. The number of hydrogen-bond donors (Lipinski definition) is 1. The lowest BCUT2D eigenvalue weighted by atomic mass is 10.1. The standard InChI is InChI=1S/C15H27BrO2.C11H23BrO.C4H5ClO/c1-14(2)15(17)18-13-11-9-7-5-3-4-6-8-10-12-16;12-10-8-6-4-2-1-3-5-7-9-11-13;1-3(2)4(5)6/h1,3-13H2,2H3;13H,1-11H2;1H2,2H3. The second kappa shape index (κ2) is 35.8. The van der Waals surface area contributed by atoms with Crippen LogP contribution < -0.4 is 0 Å². The minimum atomic E-state index is -0.463. The molecule has 0 saturated carbocycles. The van der Waals surface area contributed by atoms with Crippen molar-refractivity contribution >= 4 is 54.7 Å². The molecule has 0 spiro atoms. The van der Waals surface area contributed by atoms with Crippen LogP contribution in [0.5, 0.6) is 0 Å². The average molecular weight is 675 g/mol. The molecule has 0 atom stereocenters. The number of hydrogen-bond acceptors (Lipinski definition) is 4. The third kappa shape index (κ3) is 43.1. The van der Waals surface area contributed by atoms with Crippen LogP contribution in [0.2, 0.25) is 0 Å². The SMILES string of the molecule is C=C(C)C(=O)Cl.C=C(C)C(=O)OCCCCCCCCCCCBr.OCCCCCCCCCCCBr. The van der Waals surface area contributed by atoms with Crippen molar-refractivity contribution in [2.75, 3.05) is 23.9 Å². The molecule has 0 radical (unpaired) electrons. The monoisotopic (exact) mass is 672 g/mol. The lowest BCUT2D eigenvalue weighted by Crippen LogP contribution is -2.05. The lowest BCUT2D eigenvalue weighted by Gasteiger charge is -2.04. The van der Waals surface area contributed by atoms with E-state index in [9.17, 15) is 9.59 Å². The zero-order valence-corrected chi connectivity index (χ0v) is 27.7. The summed E-state index contributed by atoms with van der Waals surface area (Å²) in [6.07, 6.45) is 23.1. The minimum Gasteiger partial charge on any atom is -0.462 e. The molecule has 0 heterocycles. The number of carbonyl (C=O) groups is 2. The van der Waals surface area contributed by atoms with Gasteiger partial charge in [-0.05, 0) is 51.1 Å². The fourth-order valence-electron chi connectivity index (χ4n) is 3.17. The van der Waals surface area contributed by atoms with E-state index in [2.05, 4.69) is 45.0 Å². The summed E-state index contributed by atoms with van der Waals surface area (Å²) in [6.45, 7) is 11.0. The molecule has 4 nitrogen and oxygen atoms in total. The van der Waals surface area contributed by atoms with Gasteiger partial charge in [0.2, 0.25) is 5.24 Å². The molecule has 0 fully saturated rings.